The van der Waals surface area contributed by atoms with Crippen molar-refractivity contribution in [1.29, 1.82) is 0 Å². The van der Waals surface area contributed by atoms with Crippen LogP contribution < -0.4 is 4.90 Å². The largest absolute Gasteiger partial charge is 0.246 e. The van der Waals surface area contributed by atoms with Crippen molar-refractivity contribution in [3.05, 3.63) is 293 Å². The van der Waals surface area contributed by atoms with Crippen molar-refractivity contribution in [2.75, 3.05) is 4.90 Å². The fraction of sp³-hybridized carbons (Fsp3) is 0.0959. The van der Waals surface area contributed by atoms with Gasteiger partial charge in [-0.3, -0.25) is 0 Å². The zero-order chi connectivity index (χ0) is 54.7. The maximum atomic E-state index is 5.53. The predicted molar refractivity (Wildman–Crippen MR) is 328 cm³/mol. The lowest BCUT2D eigenvalue weighted by atomic mass is 9.77. The lowest BCUT2D eigenvalue weighted by Gasteiger charge is -2.28. The smallest absolute Gasteiger partial charge is 0.241 e. The van der Waals surface area contributed by atoms with Crippen LogP contribution in [-0.4, -0.2) is 29.9 Å². The van der Waals surface area contributed by atoms with Crippen LogP contribution in [0.5, 0.6) is 0 Å². The summed E-state index contributed by atoms with van der Waals surface area (Å²) in [6.07, 6.45) is 0. The molecule has 0 atom stereocenters. The first kappa shape index (κ1) is 50.8. The van der Waals surface area contributed by atoms with Crippen LogP contribution >= 0.6 is 0 Å². The van der Waals surface area contributed by atoms with Crippen LogP contribution in [0.25, 0.3) is 78.9 Å². The van der Waals surface area contributed by atoms with Gasteiger partial charge in [0.15, 0.2) is 23.3 Å². The number of hydrogen-bond donors (Lipinski definition) is 0. The van der Waals surface area contributed by atoms with E-state index in [1.165, 1.54) is 44.5 Å². The third-order valence-electron chi connectivity index (χ3n) is 14.9. The molecule has 0 bridgehead atoms. The summed E-state index contributed by atoms with van der Waals surface area (Å²) >= 11 is 0. The molecule has 12 aromatic rings. The van der Waals surface area contributed by atoms with E-state index in [1.807, 2.05) is 83.8 Å². The Morgan fingerprint density at radius 3 is 0.988 bits per heavy atom. The summed E-state index contributed by atoms with van der Waals surface area (Å²) in [4.78, 5) is 34.3. The number of nitrogens with zero attached hydrogens (tertiary/aromatic N) is 7. The van der Waals surface area contributed by atoms with Crippen LogP contribution in [0.4, 0.5) is 17.6 Å². The van der Waals surface area contributed by atoms with Crippen LogP contribution in [0.2, 0.25) is 0 Å². The first-order valence-corrected chi connectivity index (χ1v) is 27.2. The highest BCUT2D eigenvalue weighted by atomic mass is 15.4. The molecule has 7 nitrogen and oxygen atoms in total. The molecule has 0 radical (unpaired) electrons. The summed E-state index contributed by atoms with van der Waals surface area (Å²) in [6, 6.07) is 84.5. The highest BCUT2D eigenvalue weighted by Crippen LogP contribution is 2.43. The molecule has 386 valence electrons. The topological polar surface area (TPSA) is 80.6 Å². The Morgan fingerprint density at radius 1 is 0.263 bits per heavy atom. The van der Waals surface area contributed by atoms with Crippen LogP contribution in [0, 0.1) is 41.5 Å². The Labute approximate surface area is 469 Å². The summed E-state index contributed by atoms with van der Waals surface area (Å²) in [5.41, 5.74) is 21.8. The second kappa shape index (κ2) is 22.2. The fourth-order valence-electron chi connectivity index (χ4n) is 11.3. The molecule has 12 rings (SSSR count). The van der Waals surface area contributed by atoms with Gasteiger partial charge in [0.25, 0.3) is 0 Å². The first-order chi connectivity index (χ1) is 39.1. The molecular formula is C73H59N7. The van der Waals surface area contributed by atoms with Crippen molar-refractivity contribution in [3.63, 3.8) is 0 Å². The van der Waals surface area contributed by atoms with Gasteiger partial charge in [-0.25, -0.2) is 14.9 Å². The quantitative estimate of drug-likeness (QED) is 0.106. The molecule has 2 heterocycles. The Morgan fingerprint density at radius 2 is 0.575 bits per heavy atom. The van der Waals surface area contributed by atoms with E-state index in [2.05, 4.69) is 205 Å². The maximum Gasteiger partial charge on any atom is 0.241 e. The molecule has 0 unspecified atom stereocenters. The lowest BCUT2D eigenvalue weighted by molar-refractivity contribution is 0.917. The normalized spacial score (nSPS) is 11.2. The number of anilines is 3. The number of benzene rings is 10. The minimum absolute atomic E-state index is 0.0479. The molecule has 0 spiro atoms. The second-order valence-corrected chi connectivity index (χ2v) is 20.8. The van der Waals surface area contributed by atoms with E-state index in [-0.39, 0.29) is 5.92 Å². The molecule has 0 aliphatic carbocycles. The molecule has 7 heteroatoms. The molecular weight excluding hydrogens is 975 g/mol. The average molecular weight is 1030 g/mol. The SMILES string of the molecule is Cc1cc(C)c(C(c2ccc(N(c3nc(-c4ccccc4)nc(-c4cccc(-c5ccccc5)c4)n3)c3nc(-c4ccccc4)nc(-c4cc(-c5ccccc5)cc(-c5ccccc5)c4)n3)cc2)c2c(C)cc(C)cc2C)c(C)c1. The highest BCUT2D eigenvalue weighted by molar-refractivity contribution is 5.82. The lowest BCUT2D eigenvalue weighted by Crippen LogP contribution is -2.19. The molecule has 0 fully saturated rings. The van der Waals surface area contributed by atoms with E-state index in [1.54, 1.807) is 0 Å². The monoisotopic (exact) mass is 1030 g/mol. The average Bonchev–Trinajstić information content (AvgIpc) is 3.50. The highest BCUT2D eigenvalue weighted by Gasteiger charge is 2.28. The van der Waals surface area contributed by atoms with Crippen molar-refractivity contribution in [1.82, 2.24) is 29.9 Å². The Balaban J connectivity index is 1.12. The summed E-state index contributed by atoms with van der Waals surface area (Å²) in [7, 11) is 0. The molecule has 2 aromatic heterocycles. The van der Waals surface area contributed by atoms with E-state index in [9.17, 15) is 0 Å². The Hall–Kier alpha value is -9.98. The minimum atomic E-state index is -0.0479. The van der Waals surface area contributed by atoms with Crippen molar-refractivity contribution in [2.24, 2.45) is 0 Å². The zero-order valence-electron chi connectivity index (χ0n) is 45.8. The van der Waals surface area contributed by atoms with Gasteiger partial charge < -0.3 is 0 Å². The van der Waals surface area contributed by atoms with Crippen molar-refractivity contribution in [2.45, 2.75) is 47.5 Å². The van der Waals surface area contributed by atoms with E-state index in [4.69, 9.17) is 29.9 Å². The van der Waals surface area contributed by atoms with Crippen LogP contribution in [0.15, 0.2) is 243 Å². The van der Waals surface area contributed by atoms with Gasteiger partial charge in [-0.2, -0.15) is 19.9 Å². The number of aromatic nitrogens is 6. The Bertz CT molecular complexity index is 4010. The van der Waals surface area contributed by atoms with Gasteiger partial charge in [-0.15, -0.1) is 0 Å². The van der Waals surface area contributed by atoms with Crippen molar-refractivity contribution >= 4 is 17.6 Å². The van der Waals surface area contributed by atoms with E-state index in [0.29, 0.717) is 35.2 Å². The summed E-state index contributed by atoms with van der Waals surface area (Å²) < 4.78 is 0. The molecule has 0 N–H and O–H groups in total. The van der Waals surface area contributed by atoms with Gasteiger partial charge in [-0.05, 0) is 150 Å². The third kappa shape index (κ3) is 10.6. The number of rotatable bonds is 13. The molecule has 0 saturated heterocycles. The van der Waals surface area contributed by atoms with Crippen LogP contribution in [-0.2, 0) is 0 Å². The van der Waals surface area contributed by atoms with Gasteiger partial charge in [0.2, 0.25) is 11.9 Å². The van der Waals surface area contributed by atoms with Gasteiger partial charge in [-0.1, -0.05) is 217 Å². The van der Waals surface area contributed by atoms with Crippen LogP contribution in [0.3, 0.4) is 0 Å². The van der Waals surface area contributed by atoms with Gasteiger partial charge >= 0.3 is 0 Å². The second-order valence-electron chi connectivity index (χ2n) is 20.8. The van der Waals surface area contributed by atoms with E-state index < -0.39 is 0 Å². The maximum absolute atomic E-state index is 5.53. The van der Waals surface area contributed by atoms with E-state index >= 15 is 0 Å². The van der Waals surface area contributed by atoms with E-state index in [0.717, 1.165) is 66.9 Å². The zero-order valence-corrected chi connectivity index (χ0v) is 45.8. The Kier molecular flexibility index (Phi) is 14.1. The fourth-order valence-corrected chi connectivity index (χ4v) is 11.3. The molecule has 10 aromatic carbocycles. The van der Waals surface area contributed by atoms with Gasteiger partial charge in [0, 0.05) is 28.2 Å². The molecule has 0 aliphatic rings. The molecule has 80 heavy (non-hydrogen) atoms. The summed E-state index contributed by atoms with van der Waals surface area (Å²) in [5.74, 6) is 2.65. The molecule has 0 saturated carbocycles. The van der Waals surface area contributed by atoms with Crippen molar-refractivity contribution < 1.29 is 0 Å². The van der Waals surface area contributed by atoms with Gasteiger partial charge in [0.1, 0.15) is 0 Å². The van der Waals surface area contributed by atoms with Crippen LogP contribution in [0.1, 0.15) is 56.0 Å². The number of hydrogen-bond acceptors (Lipinski definition) is 7. The standard InChI is InChI=1S/C73H59N7/c1-47-39-49(3)65(50(4)40-47)67(66-51(5)41-48(2)42-52(66)6)56-35-37-64(38-36-56)80(72-76-68(57-29-18-10-19-30-57)74-70(78-72)60-34-22-33-59(43-60)53-23-12-7-13-24-53)73-77-69(58-31-20-11-21-32-58)75-71(79-73)63-45-61(54-25-14-8-15-26-54)44-62(46-63)55-27-16-9-17-28-55/h7-46,67H,1-6H3. The molecule has 0 amide bonds. The summed E-state index contributed by atoms with van der Waals surface area (Å²) in [6.45, 7) is 13.3. The first-order valence-electron chi connectivity index (χ1n) is 27.2. The summed E-state index contributed by atoms with van der Waals surface area (Å²) in [5, 5.41) is 0. The minimum Gasteiger partial charge on any atom is -0.246 e. The van der Waals surface area contributed by atoms with Crippen molar-refractivity contribution in [3.8, 4) is 78.9 Å². The predicted octanol–water partition coefficient (Wildman–Crippen LogP) is 18.2. The molecule has 0 aliphatic heterocycles. The number of aryl methyl sites for hydroxylation is 6. The third-order valence-corrected chi connectivity index (χ3v) is 14.9. The van der Waals surface area contributed by atoms with Gasteiger partial charge in [0.05, 0.1) is 5.69 Å².